The lowest BCUT2D eigenvalue weighted by Crippen LogP contribution is -2.07. The maximum Gasteiger partial charge on any atom is 0.133 e. The summed E-state index contributed by atoms with van der Waals surface area (Å²) in [6.45, 7) is 0.936. The number of benzene rings is 2. The maximum absolute atomic E-state index is 6.23. The van der Waals surface area contributed by atoms with Crippen LogP contribution in [0.3, 0.4) is 0 Å². The van der Waals surface area contributed by atoms with Crippen LogP contribution in [0, 0.1) is 0 Å². The summed E-state index contributed by atoms with van der Waals surface area (Å²) in [6.07, 6.45) is 4.05. The van der Waals surface area contributed by atoms with Gasteiger partial charge in [-0.3, -0.25) is 0 Å². The smallest absolute Gasteiger partial charge is 0.133 e. The molecule has 0 saturated heterocycles. The molecule has 0 atom stereocenters. The normalized spacial score (nSPS) is 13.6. The summed E-state index contributed by atoms with van der Waals surface area (Å²) < 4.78 is 7.30. The Balaban J connectivity index is 1.79. The van der Waals surface area contributed by atoms with Crippen LogP contribution >= 0.6 is 23.2 Å². The highest BCUT2D eigenvalue weighted by atomic mass is 35.5. The van der Waals surface area contributed by atoms with Gasteiger partial charge in [-0.05, 0) is 55.2 Å². The van der Waals surface area contributed by atoms with Crippen LogP contribution in [0.15, 0.2) is 42.5 Å². The molecule has 2 aromatic carbocycles. The Hall–Kier alpha value is -2.17. The highest BCUT2D eigenvalue weighted by Crippen LogP contribution is 2.31. The van der Waals surface area contributed by atoms with Gasteiger partial charge in [0.05, 0.1) is 18.5 Å². The van der Waals surface area contributed by atoms with Crippen LogP contribution in [0.1, 0.15) is 29.7 Å². The fraction of sp³-hybridized carbons (Fsp3) is 0.286. The van der Waals surface area contributed by atoms with E-state index in [9.17, 15) is 0 Å². The quantitative estimate of drug-likeness (QED) is 0.624. The number of fused-ring (bicyclic) bond motifs is 1. The predicted molar refractivity (Wildman–Crippen MR) is 111 cm³/mol. The lowest BCUT2D eigenvalue weighted by Gasteiger charge is -2.10. The van der Waals surface area contributed by atoms with Crippen molar-refractivity contribution in [2.45, 2.75) is 25.7 Å². The number of nitrogens with one attached hydrogen (secondary N) is 1. The molecule has 0 aliphatic carbocycles. The number of hydrogen-bond acceptors (Lipinski definition) is 3. The van der Waals surface area contributed by atoms with Gasteiger partial charge in [-0.1, -0.05) is 35.3 Å². The van der Waals surface area contributed by atoms with E-state index in [-0.39, 0.29) is 0 Å². The van der Waals surface area contributed by atoms with Crippen LogP contribution < -0.4 is 10.1 Å². The van der Waals surface area contributed by atoms with E-state index in [1.165, 1.54) is 11.1 Å². The van der Waals surface area contributed by atoms with Gasteiger partial charge in [0, 0.05) is 28.6 Å². The molecule has 1 aliphatic rings. The molecule has 4 nitrogen and oxygen atoms in total. The van der Waals surface area contributed by atoms with Crippen molar-refractivity contribution in [2.75, 3.05) is 19.0 Å². The molecule has 1 N–H and O–H groups in total. The molecule has 0 unspecified atom stereocenters. The second-order valence-electron chi connectivity index (χ2n) is 6.73. The molecular formula is C21H21Cl2N3O. The van der Waals surface area contributed by atoms with Gasteiger partial charge >= 0.3 is 0 Å². The second-order valence-corrected chi connectivity index (χ2v) is 7.60. The first-order valence-electron chi connectivity index (χ1n) is 9.08. The summed E-state index contributed by atoms with van der Waals surface area (Å²) in [7, 11) is 1.69. The number of rotatable bonds is 4. The molecule has 2 heterocycles. The molecule has 0 spiro atoms. The molecule has 1 aliphatic heterocycles. The van der Waals surface area contributed by atoms with Crippen molar-refractivity contribution in [1.82, 2.24) is 9.78 Å². The third-order valence-corrected chi connectivity index (χ3v) is 5.25. The number of hydrogen-bond donors (Lipinski definition) is 1. The van der Waals surface area contributed by atoms with E-state index in [0.717, 1.165) is 55.2 Å². The minimum atomic E-state index is 0.602. The molecule has 0 saturated carbocycles. The van der Waals surface area contributed by atoms with E-state index in [4.69, 9.17) is 33.0 Å². The molecule has 0 bridgehead atoms. The Morgan fingerprint density at radius 2 is 1.93 bits per heavy atom. The van der Waals surface area contributed by atoms with E-state index in [0.29, 0.717) is 10.0 Å². The number of anilines is 1. The monoisotopic (exact) mass is 401 g/mol. The molecule has 0 amide bonds. The minimum absolute atomic E-state index is 0.602. The van der Waals surface area contributed by atoms with E-state index < -0.39 is 0 Å². The van der Waals surface area contributed by atoms with Gasteiger partial charge in [0.1, 0.15) is 11.6 Å². The van der Waals surface area contributed by atoms with Gasteiger partial charge in [-0.25, -0.2) is 4.68 Å². The first-order chi connectivity index (χ1) is 13.1. The predicted octanol–water partition coefficient (Wildman–Crippen LogP) is 5.53. The molecule has 140 valence electrons. The Morgan fingerprint density at radius 3 is 2.70 bits per heavy atom. The van der Waals surface area contributed by atoms with E-state index in [2.05, 4.69) is 17.4 Å². The largest absolute Gasteiger partial charge is 0.497 e. The summed E-state index contributed by atoms with van der Waals surface area (Å²) in [5, 5.41) is 9.69. The molecule has 27 heavy (non-hydrogen) atoms. The SMILES string of the molecule is COc1cccc(Cc2nn(-c3cc(Cl)cc(Cl)c3)c3c2CCCCN3)c1. The van der Waals surface area contributed by atoms with Gasteiger partial charge in [0.2, 0.25) is 0 Å². The van der Waals surface area contributed by atoms with Crippen molar-refractivity contribution >= 4 is 29.0 Å². The standard InChI is InChI=1S/C21H21Cl2N3O/c1-27-18-6-4-5-14(9-18)10-20-19-7-2-3-8-24-21(19)26(25-20)17-12-15(22)11-16(23)13-17/h4-6,9,11-13,24H,2-3,7-8,10H2,1H3. The van der Waals surface area contributed by atoms with Crippen molar-refractivity contribution in [2.24, 2.45) is 0 Å². The highest BCUT2D eigenvalue weighted by molar-refractivity contribution is 6.34. The first kappa shape index (κ1) is 18.2. The Morgan fingerprint density at radius 1 is 1.11 bits per heavy atom. The molecule has 0 radical (unpaired) electrons. The average Bonchev–Trinajstić information content (AvgIpc) is 2.82. The van der Waals surface area contributed by atoms with Crippen molar-refractivity contribution in [3.05, 3.63) is 69.3 Å². The fourth-order valence-electron chi connectivity index (χ4n) is 3.54. The zero-order valence-corrected chi connectivity index (χ0v) is 16.6. The number of methoxy groups -OCH3 is 1. The zero-order valence-electron chi connectivity index (χ0n) is 15.1. The minimum Gasteiger partial charge on any atom is -0.497 e. The third-order valence-electron chi connectivity index (χ3n) is 4.81. The van der Waals surface area contributed by atoms with E-state index in [1.54, 1.807) is 13.2 Å². The van der Waals surface area contributed by atoms with Crippen LogP contribution in [0.2, 0.25) is 10.0 Å². The van der Waals surface area contributed by atoms with Crippen LogP contribution in [-0.4, -0.2) is 23.4 Å². The summed E-state index contributed by atoms with van der Waals surface area (Å²) in [4.78, 5) is 0. The van der Waals surface area contributed by atoms with E-state index >= 15 is 0 Å². The van der Waals surface area contributed by atoms with Crippen LogP contribution in [-0.2, 0) is 12.8 Å². The summed E-state index contributed by atoms with van der Waals surface area (Å²) in [6, 6.07) is 13.7. The van der Waals surface area contributed by atoms with Crippen molar-refractivity contribution in [3.63, 3.8) is 0 Å². The topological polar surface area (TPSA) is 39.1 Å². The van der Waals surface area contributed by atoms with Gasteiger partial charge in [-0.2, -0.15) is 5.10 Å². The molecule has 0 fully saturated rings. The second kappa shape index (κ2) is 7.83. The van der Waals surface area contributed by atoms with Gasteiger partial charge < -0.3 is 10.1 Å². The van der Waals surface area contributed by atoms with Crippen molar-refractivity contribution in [3.8, 4) is 11.4 Å². The van der Waals surface area contributed by atoms with Gasteiger partial charge in [-0.15, -0.1) is 0 Å². The Kier molecular flexibility index (Phi) is 5.28. The fourth-order valence-corrected chi connectivity index (χ4v) is 4.05. The Bertz CT molecular complexity index is 948. The van der Waals surface area contributed by atoms with Crippen LogP contribution in [0.25, 0.3) is 5.69 Å². The number of nitrogens with zero attached hydrogens (tertiary/aromatic N) is 2. The van der Waals surface area contributed by atoms with Crippen molar-refractivity contribution < 1.29 is 4.74 Å². The maximum atomic E-state index is 6.23. The third kappa shape index (κ3) is 3.92. The van der Waals surface area contributed by atoms with Gasteiger partial charge in [0.25, 0.3) is 0 Å². The molecule has 1 aromatic heterocycles. The zero-order chi connectivity index (χ0) is 18.8. The Labute approximate surface area is 169 Å². The summed E-state index contributed by atoms with van der Waals surface area (Å²) in [5.41, 5.74) is 4.39. The van der Waals surface area contributed by atoms with Crippen LogP contribution in [0.5, 0.6) is 5.75 Å². The average molecular weight is 402 g/mol. The van der Waals surface area contributed by atoms with Crippen LogP contribution in [0.4, 0.5) is 5.82 Å². The lowest BCUT2D eigenvalue weighted by atomic mass is 10.0. The molecule has 3 aromatic rings. The molecule has 4 rings (SSSR count). The molecular weight excluding hydrogens is 381 g/mol. The van der Waals surface area contributed by atoms with Crippen molar-refractivity contribution in [1.29, 1.82) is 0 Å². The number of aromatic nitrogens is 2. The number of ether oxygens (including phenoxy) is 1. The highest BCUT2D eigenvalue weighted by Gasteiger charge is 2.21. The summed E-state index contributed by atoms with van der Waals surface area (Å²) in [5.74, 6) is 1.90. The van der Waals surface area contributed by atoms with E-state index in [1.807, 2.05) is 28.9 Å². The lowest BCUT2D eigenvalue weighted by molar-refractivity contribution is 0.414. The first-order valence-corrected chi connectivity index (χ1v) is 9.83. The summed E-state index contributed by atoms with van der Waals surface area (Å²) >= 11 is 12.5. The number of halogens is 2. The van der Waals surface area contributed by atoms with Gasteiger partial charge in [0.15, 0.2) is 0 Å². The molecule has 6 heteroatoms.